The zero-order chi connectivity index (χ0) is 13.8. The van der Waals surface area contributed by atoms with Crippen molar-refractivity contribution < 1.29 is 19.1 Å². The lowest BCUT2D eigenvalue weighted by Crippen LogP contribution is -2.31. The van der Waals surface area contributed by atoms with E-state index >= 15 is 0 Å². The van der Waals surface area contributed by atoms with Crippen molar-refractivity contribution in [3.8, 4) is 0 Å². The smallest absolute Gasteiger partial charge is 0.353 e. The van der Waals surface area contributed by atoms with Crippen molar-refractivity contribution in [1.82, 2.24) is 0 Å². The van der Waals surface area contributed by atoms with Crippen LogP contribution >= 0.6 is 11.8 Å². The average molecular weight is 279 g/mol. The molecule has 1 aliphatic rings. The molecule has 0 radical (unpaired) electrons. The maximum absolute atomic E-state index is 11.7. The van der Waals surface area contributed by atoms with Crippen LogP contribution in [0.5, 0.6) is 0 Å². The van der Waals surface area contributed by atoms with Gasteiger partial charge in [-0.05, 0) is 12.1 Å². The number of hydrogen-bond donors (Lipinski definition) is 0. The molecule has 1 aromatic rings. The number of ether oxygens (including phenoxy) is 2. The number of benzene rings is 1. The molecule has 0 saturated heterocycles. The fourth-order valence-corrected chi connectivity index (χ4v) is 2.89. The van der Waals surface area contributed by atoms with E-state index in [0.717, 1.165) is 4.90 Å². The average Bonchev–Trinajstić information content (AvgIpc) is 2.45. The molecule has 0 N–H and O–H groups in total. The van der Waals surface area contributed by atoms with Crippen molar-refractivity contribution in [2.24, 2.45) is 4.99 Å². The molecular weight excluding hydrogens is 266 g/mol. The van der Waals surface area contributed by atoms with E-state index in [9.17, 15) is 9.59 Å². The highest BCUT2D eigenvalue weighted by Gasteiger charge is 2.31. The Labute approximate surface area is 115 Å². The summed E-state index contributed by atoms with van der Waals surface area (Å²) in [5.41, 5.74) is 0.964. The van der Waals surface area contributed by atoms with Crippen LogP contribution in [0.3, 0.4) is 0 Å². The lowest BCUT2D eigenvalue weighted by atomic mass is 10.2. The van der Waals surface area contributed by atoms with Gasteiger partial charge in [-0.3, -0.25) is 4.79 Å². The molecule has 0 saturated carbocycles. The van der Waals surface area contributed by atoms with Crippen LogP contribution in [-0.2, 0) is 19.1 Å². The van der Waals surface area contributed by atoms with Gasteiger partial charge in [0.1, 0.15) is 5.71 Å². The van der Waals surface area contributed by atoms with Crippen LogP contribution in [0, 0.1) is 0 Å². The SMILES string of the molecule is COC(=O)CC1Sc2ccccc2N=C1C(=O)OC. The summed E-state index contributed by atoms with van der Waals surface area (Å²) >= 11 is 1.42. The first kappa shape index (κ1) is 13.6. The van der Waals surface area contributed by atoms with Gasteiger partial charge < -0.3 is 9.47 Å². The number of fused-ring (bicyclic) bond motifs is 1. The number of nitrogens with zero attached hydrogens (tertiary/aromatic N) is 1. The van der Waals surface area contributed by atoms with E-state index in [2.05, 4.69) is 9.73 Å². The van der Waals surface area contributed by atoms with Gasteiger partial charge in [0.2, 0.25) is 0 Å². The molecule has 5 nitrogen and oxygen atoms in total. The number of carbonyl (C=O) groups is 2. The van der Waals surface area contributed by atoms with Gasteiger partial charge in [0.05, 0.1) is 31.6 Å². The van der Waals surface area contributed by atoms with Gasteiger partial charge in [-0.1, -0.05) is 12.1 Å². The molecule has 2 rings (SSSR count). The predicted molar refractivity (Wildman–Crippen MR) is 71.8 cm³/mol. The molecule has 0 spiro atoms. The minimum absolute atomic E-state index is 0.0867. The molecule has 19 heavy (non-hydrogen) atoms. The van der Waals surface area contributed by atoms with Crippen LogP contribution in [0.15, 0.2) is 34.2 Å². The van der Waals surface area contributed by atoms with Gasteiger partial charge >= 0.3 is 11.9 Å². The van der Waals surface area contributed by atoms with Crippen LogP contribution < -0.4 is 0 Å². The summed E-state index contributed by atoms with van der Waals surface area (Å²) in [7, 11) is 2.62. The number of carbonyl (C=O) groups excluding carboxylic acids is 2. The normalized spacial score (nSPS) is 17.2. The van der Waals surface area contributed by atoms with E-state index in [-0.39, 0.29) is 23.4 Å². The van der Waals surface area contributed by atoms with E-state index in [1.807, 2.05) is 24.3 Å². The zero-order valence-corrected chi connectivity index (χ0v) is 11.4. The minimum Gasteiger partial charge on any atom is -0.469 e. The van der Waals surface area contributed by atoms with Gasteiger partial charge in [0, 0.05) is 4.90 Å². The summed E-state index contributed by atoms with van der Waals surface area (Å²) in [6.07, 6.45) is 0.0867. The fourth-order valence-electron chi connectivity index (χ4n) is 1.71. The van der Waals surface area contributed by atoms with E-state index in [1.165, 1.54) is 26.0 Å². The van der Waals surface area contributed by atoms with Gasteiger partial charge in [0.25, 0.3) is 0 Å². The van der Waals surface area contributed by atoms with Gasteiger partial charge in [-0.15, -0.1) is 11.8 Å². The number of methoxy groups -OCH3 is 2. The lowest BCUT2D eigenvalue weighted by molar-refractivity contribution is -0.140. The highest BCUT2D eigenvalue weighted by molar-refractivity contribution is 8.01. The second-order valence-corrected chi connectivity index (χ2v) is 5.09. The Morgan fingerprint density at radius 1 is 1.26 bits per heavy atom. The third-order valence-electron chi connectivity index (χ3n) is 2.65. The monoisotopic (exact) mass is 279 g/mol. The maximum atomic E-state index is 11.7. The molecule has 1 aromatic carbocycles. The van der Waals surface area contributed by atoms with Crippen LogP contribution in [-0.4, -0.2) is 37.1 Å². The van der Waals surface area contributed by atoms with Crippen molar-refractivity contribution in [1.29, 1.82) is 0 Å². The summed E-state index contributed by atoms with van der Waals surface area (Å²) in [6.45, 7) is 0. The van der Waals surface area contributed by atoms with Crippen LogP contribution in [0.4, 0.5) is 5.69 Å². The summed E-state index contributed by atoms with van der Waals surface area (Å²) < 4.78 is 9.36. The van der Waals surface area contributed by atoms with Gasteiger partial charge in [-0.2, -0.15) is 0 Å². The molecule has 0 fully saturated rings. The Balaban J connectivity index is 2.34. The van der Waals surface area contributed by atoms with E-state index in [0.29, 0.717) is 5.69 Å². The molecule has 0 aliphatic carbocycles. The topological polar surface area (TPSA) is 65.0 Å². The minimum atomic E-state index is -0.518. The first-order valence-corrected chi connectivity index (χ1v) is 6.53. The van der Waals surface area contributed by atoms with E-state index < -0.39 is 5.97 Å². The largest absolute Gasteiger partial charge is 0.469 e. The first-order valence-electron chi connectivity index (χ1n) is 5.65. The zero-order valence-electron chi connectivity index (χ0n) is 10.6. The molecule has 1 aliphatic heterocycles. The lowest BCUT2D eigenvalue weighted by Gasteiger charge is -2.21. The standard InChI is InChI=1S/C13H13NO4S/c1-17-11(15)7-10-12(13(16)18-2)14-8-5-3-4-6-9(8)19-10/h3-6,10H,7H2,1-2H3. The quantitative estimate of drug-likeness (QED) is 0.791. The summed E-state index contributed by atoms with van der Waals surface area (Å²) in [4.78, 5) is 28.4. The number of hydrogen-bond acceptors (Lipinski definition) is 6. The van der Waals surface area contributed by atoms with Crippen molar-refractivity contribution in [2.75, 3.05) is 14.2 Å². The molecule has 6 heteroatoms. The molecule has 100 valence electrons. The van der Waals surface area contributed by atoms with Crippen LogP contribution in [0.1, 0.15) is 6.42 Å². The van der Waals surface area contributed by atoms with Crippen molar-refractivity contribution >= 4 is 35.1 Å². The van der Waals surface area contributed by atoms with Crippen LogP contribution in [0.25, 0.3) is 0 Å². The number of para-hydroxylation sites is 1. The Kier molecular flexibility index (Phi) is 4.21. The number of esters is 2. The van der Waals surface area contributed by atoms with Gasteiger partial charge in [0.15, 0.2) is 0 Å². The number of rotatable bonds is 3. The van der Waals surface area contributed by atoms with Crippen molar-refractivity contribution in [3.63, 3.8) is 0 Å². The Morgan fingerprint density at radius 2 is 2.00 bits per heavy atom. The maximum Gasteiger partial charge on any atom is 0.353 e. The van der Waals surface area contributed by atoms with Crippen molar-refractivity contribution in [2.45, 2.75) is 16.6 Å². The molecule has 1 atom stereocenters. The van der Waals surface area contributed by atoms with Crippen molar-refractivity contribution in [3.05, 3.63) is 24.3 Å². The highest BCUT2D eigenvalue weighted by atomic mass is 32.2. The summed E-state index contributed by atoms with van der Waals surface area (Å²) in [5.74, 6) is -0.899. The third kappa shape index (κ3) is 2.96. The molecule has 0 bridgehead atoms. The first-order chi connectivity index (χ1) is 9.15. The molecule has 1 heterocycles. The highest BCUT2D eigenvalue weighted by Crippen LogP contribution is 2.39. The Hall–Kier alpha value is -1.82. The second-order valence-electron chi connectivity index (χ2n) is 3.84. The Morgan fingerprint density at radius 3 is 2.68 bits per heavy atom. The number of thioether (sulfide) groups is 1. The Bertz CT molecular complexity index is 541. The molecule has 0 aromatic heterocycles. The summed E-state index contributed by atoms with van der Waals surface area (Å²) in [6, 6.07) is 7.46. The fraction of sp³-hybridized carbons (Fsp3) is 0.308. The van der Waals surface area contributed by atoms with E-state index in [4.69, 9.17) is 4.74 Å². The van der Waals surface area contributed by atoms with E-state index in [1.54, 1.807) is 0 Å². The summed E-state index contributed by atoms with van der Waals surface area (Å²) in [5, 5.41) is -0.380. The van der Waals surface area contributed by atoms with Gasteiger partial charge in [-0.25, -0.2) is 9.79 Å². The number of aliphatic imine (C=N–C) groups is 1. The molecule has 0 amide bonds. The predicted octanol–water partition coefficient (Wildman–Crippen LogP) is 1.97. The van der Waals surface area contributed by atoms with Crippen LogP contribution in [0.2, 0.25) is 0 Å². The third-order valence-corrected chi connectivity index (χ3v) is 3.93. The molecular formula is C13H13NO4S. The second kappa shape index (κ2) is 5.88. The molecule has 1 unspecified atom stereocenters.